The molecule has 1 aromatic carbocycles. The predicted octanol–water partition coefficient (Wildman–Crippen LogP) is 4.16. The zero-order valence-corrected chi connectivity index (χ0v) is 14.7. The molecule has 0 saturated carbocycles. The molecule has 0 amide bonds. The van der Waals surface area contributed by atoms with Gasteiger partial charge in [-0.3, -0.25) is 4.98 Å². The lowest BCUT2D eigenvalue weighted by atomic mass is 10.1. The minimum atomic E-state index is 0.571. The maximum Gasteiger partial charge on any atom is 0.228 e. The Morgan fingerprint density at radius 1 is 1.08 bits per heavy atom. The summed E-state index contributed by atoms with van der Waals surface area (Å²) in [7, 11) is 0. The van der Waals surface area contributed by atoms with Gasteiger partial charge in [0.15, 0.2) is 5.82 Å². The lowest BCUT2D eigenvalue weighted by Crippen LogP contribution is -2.05. The molecule has 0 saturated heterocycles. The van der Waals surface area contributed by atoms with Gasteiger partial charge in [0.25, 0.3) is 0 Å². The highest BCUT2D eigenvalue weighted by atomic mass is 16.5. The van der Waals surface area contributed by atoms with Crippen LogP contribution < -0.4 is 5.32 Å². The van der Waals surface area contributed by atoms with Crippen molar-refractivity contribution < 1.29 is 4.52 Å². The zero-order chi connectivity index (χ0) is 17.9. The van der Waals surface area contributed by atoms with Crippen molar-refractivity contribution >= 4 is 16.9 Å². The van der Waals surface area contributed by atoms with Gasteiger partial charge >= 0.3 is 0 Å². The summed E-state index contributed by atoms with van der Waals surface area (Å²) >= 11 is 0. The summed E-state index contributed by atoms with van der Waals surface area (Å²) in [6.07, 6.45) is 4.31. The van der Waals surface area contributed by atoms with E-state index in [-0.39, 0.29) is 0 Å². The summed E-state index contributed by atoms with van der Waals surface area (Å²) < 4.78 is 5.60. The van der Waals surface area contributed by atoms with Gasteiger partial charge in [-0.1, -0.05) is 48.0 Å². The first-order valence-electron chi connectivity index (χ1n) is 8.60. The van der Waals surface area contributed by atoms with E-state index >= 15 is 0 Å². The van der Waals surface area contributed by atoms with Crippen molar-refractivity contribution in [2.45, 2.75) is 26.8 Å². The SMILES string of the molecule is CCc1nc(NCc2cccnc2)c2onc(-c3ccc(C)cc3)c2n1. The number of nitrogens with one attached hydrogen (secondary N) is 1. The first kappa shape index (κ1) is 16.2. The number of pyridine rings is 1. The largest absolute Gasteiger partial charge is 0.363 e. The van der Waals surface area contributed by atoms with Crippen LogP contribution in [0.25, 0.3) is 22.4 Å². The maximum atomic E-state index is 5.60. The standard InChI is InChI=1S/C20H19N5O/c1-3-16-23-18-17(15-8-6-13(2)7-9-15)25-26-19(18)20(24-16)22-12-14-5-4-10-21-11-14/h4-11H,3,12H2,1-2H3,(H,22,23,24). The Morgan fingerprint density at radius 2 is 1.92 bits per heavy atom. The first-order valence-corrected chi connectivity index (χ1v) is 8.60. The Hall–Kier alpha value is -3.28. The van der Waals surface area contributed by atoms with Crippen molar-refractivity contribution in [1.82, 2.24) is 20.1 Å². The molecule has 1 N–H and O–H groups in total. The lowest BCUT2D eigenvalue weighted by Gasteiger charge is -2.07. The van der Waals surface area contributed by atoms with Crippen LogP contribution in [-0.4, -0.2) is 20.1 Å². The number of fused-ring (bicyclic) bond motifs is 1. The fourth-order valence-corrected chi connectivity index (χ4v) is 2.75. The Morgan fingerprint density at radius 3 is 2.65 bits per heavy atom. The van der Waals surface area contributed by atoms with E-state index in [0.717, 1.165) is 34.6 Å². The van der Waals surface area contributed by atoms with Crippen LogP contribution in [0, 0.1) is 6.92 Å². The van der Waals surface area contributed by atoms with Gasteiger partial charge in [-0.2, -0.15) is 0 Å². The number of rotatable bonds is 5. The molecule has 130 valence electrons. The second kappa shape index (κ2) is 6.92. The Kier molecular flexibility index (Phi) is 4.31. The van der Waals surface area contributed by atoms with Gasteiger partial charge in [0.1, 0.15) is 17.0 Å². The van der Waals surface area contributed by atoms with Crippen LogP contribution in [0.1, 0.15) is 23.9 Å². The molecule has 6 nitrogen and oxygen atoms in total. The van der Waals surface area contributed by atoms with Gasteiger partial charge < -0.3 is 9.84 Å². The molecule has 0 bridgehead atoms. The van der Waals surface area contributed by atoms with Crippen LogP contribution in [0.3, 0.4) is 0 Å². The molecule has 4 aromatic rings. The highest BCUT2D eigenvalue weighted by molar-refractivity contribution is 5.93. The van der Waals surface area contributed by atoms with Crippen LogP contribution >= 0.6 is 0 Å². The summed E-state index contributed by atoms with van der Waals surface area (Å²) in [6, 6.07) is 12.1. The van der Waals surface area contributed by atoms with Crippen LogP contribution in [0.15, 0.2) is 53.3 Å². The molecule has 0 aliphatic rings. The van der Waals surface area contributed by atoms with E-state index in [1.165, 1.54) is 5.56 Å². The average molecular weight is 345 g/mol. The molecule has 3 heterocycles. The van der Waals surface area contributed by atoms with E-state index in [0.29, 0.717) is 17.9 Å². The van der Waals surface area contributed by atoms with Gasteiger partial charge in [-0.25, -0.2) is 9.97 Å². The highest BCUT2D eigenvalue weighted by Crippen LogP contribution is 2.30. The third kappa shape index (κ3) is 3.13. The highest BCUT2D eigenvalue weighted by Gasteiger charge is 2.18. The van der Waals surface area contributed by atoms with E-state index in [1.54, 1.807) is 6.20 Å². The summed E-state index contributed by atoms with van der Waals surface area (Å²) in [6.45, 7) is 4.69. The molecular formula is C20H19N5O. The molecule has 0 spiro atoms. The fourth-order valence-electron chi connectivity index (χ4n) is 2.75. The second-order valence-corrected chi connectivity index (χ2v) is 6.13. The van der Waals surface area contributed by atoms with Crippen molar-refractivity contribution in [2.75, 3.05) is 5.32 Å². The average Bonchev–Trinajstić information content (AvgIpc) is 3.11. The maximum absolute atomic E-state index is 5.60. The summed E-state index contributed by atoms with van der Waals surface area (Å²) in [5, 5.41) is 7.58. The zero-order valence-electron chi connectivity index (χ0n) is 14.7. The Labute approximate surface area is 151 Å². The molecule has 3 aromatic heterocycles. The number of anilines is 1. The Bertz CT molecular complexity index is 1030. The number of hydrogen-bond donors (Lipinski definition) is 1. The second-order valence-electron chi connectivity index (χ2n) is 6.13. The number of nitrogens with zero attached hydrogens (tertiary/aromatic N) is 4. The van der Waals surface area contributed by atoms with Crippen molar-refractivity contribution in [3.05, 3.63) is 65.7 Å². The van der Waals surface area contributed by atoms with Crippen molar-refractivity contribution in [3.8, 4) is 11.3 Å². The van der Waals surface area contributed by atoms with Crippen LogP contribution in [0.5, 0.6) is 0 Å². The minimum Gasteiger partial charge on any atom is -0.363 e. The lowest BCUT2D eigenvalue weighted by molar-refractivity contribution is 0.459. The van der Waals surface area contributed by atoms with Gasteiger partial charge in [0.05, 0.1) is 0 Å². The monoisotopic (exact) mass is 345 g/mol. The van der Waals surface area contributed by atoms with E-state index < -0.39 is 0 Å². The smallest absolute Gasteiger partial charge is 0.228 e. The van der Waals surface area contributed by atoms with Gasteiger partial charge in [-0.15, -0.1) is 0 Å². The van der Waals surface area contributed by atoms with Crippen molar-refractivity contribution in [1.29, 1.82) is 0 Å². The number of benzene rings is 1. The van der Waals surface area contributed by atoms with E-state index in [2.05, 4.69) is 44.5 Å². The van der Waals surface area contributed by atoms with Gasteiger partial charge in [0.2, 0.25) is 5.58 Å². The fraction of sp³-hybridized carbons (Fsp3) is 0.200. The van der Waals surface area contributed by atoms with Gasteiger partial charge in [-0.05, 0) is 18.6 Å². The molecule has 26 heavy (non-hydrogen) atoms. The molecule has 0 unspecified atom stereocenters. The van der Waals surface area contributed by atoms with E-state index in [4.69, 9.17) is 4.52 Å². The molecule has 0 fully saturated rings. The molecule has 4 rings (SSSR count). The number of aromatic nitrogens is 4. The van der Waals surface area contributed by atoms with Crippen molar-refractivity contribution in [3.63, 3.8) is 0 Å². The van der Waals surface area contributed by atoms with Crippen LogP contribution in [0.4, 0.5) is 5.82 Å². The normalized spacial score (nSPS) is 11.0. The topological polar surface area (TPSA) is 76.7 Å². The predicted molar refractivity (Wildman–Crippen MR) is 101 cm³/mol. The van der Waals surface area contributed by atoms with Gasteiger partial charge in [0, 0.05) is 30.9 Å². The molecule has 0 radical (unpaired) electrons. The van der Waals surface area contributed by atoms with E-state index in [9.17, 15) is 0 Å². The number of aryl methyl sites for hydroxylation is 2. The molecule has 0 aliphatic carbocycles. The third-order valence-corrected chi connectivity index (χ3v) is 4.19. The Balaban J connectivity index is 1.74. The van der Waals surface area contributed by atoms with Crippen LogP contribution in [-0.2, 0) is 13.0 Å². The molecular weight excluding hydrogens is 326 g/mol. The summed E-state index contributed by atoms with van der Waals surface area (Å²) in [5.74, 6) is 1.41. The third-order valence-electron chi connectivity index (χ3n) is 4.19. The quantitative estimate of drug-likeness (QED) is 0.585. The molecule has 6 heteroatoms. The van der Waals surface area contributed by atoms with E-state index in [1.807, 2.05) is 37.4 Å². The molecule has 0 atom stereocenters. The molecule has 0 aliphatic heterocycles. The minimum absolute atomic E-state index is 0.571. The summed E-state index contributed by atoms with van der Waals surface area (Å²) in [5.41, 5.74) is 5.28. The van der Waals surface area contributed by atoms with Crippen LogP contribution in [0.2, 0.25) is 0 Å². The number of hydrogen-bond acceptors (Lipinski definition) is 6. The summed E-state index contributed by atoms with van der Waals surface area (Å²) in [4.78, 5) is 13.4. The first-order chi connectivity index (χ1) is 12.7. The van der Waals surface area contributed by atoms with Crippen molar-refractivity contribution in [2.24, 2.45) is 0 Å².